The average Bonchev–Trinajstić information content (AvgIpc) is 2.12. The van der Waals surface area contributed by atoms with Gasteiger partial charge in [-0.25, -0.2) is 0 Å². The molecule has 0 N–H and O–H groups in total. The summed E-state index contributed by atoms with van der Waals surface area (Å²) in [5.74, 6) is 1.58. The van der Waals surface area contributed by atoms with Crippen molar-refractivity contribution in [1.29, 1.82) is 0 Å². The molecule has 0 unspecified atom stereocenters. The van der Waals surface area contributed by atoms with E-state index in [2.05, 4.69) is 39.1 Å². The molecule has 15 heavy (non-hydrogen) atoms. The fourth-order valence-corrected chi connectivity index (χ4v) is 1.70. The lowest BCUT2D eigenvalue weighted by atomic mass is 10.1. The Balaban J connectivity index is 3.90. The van der Waals surface area contributed by atoms with Crippen molar-refractivity contribution in [2.24, 2.45) is 0 Å². The molecule has 0 rings (SSSR count). The Hall–Kier alpha value is 0.620. The van der Waals surface area contributed by atoms with E-state index >= 15 is 0 Å². The smallest absolute Gasteiger partial charge is 0.0859 e. The van der Waals surface area contributed by atoms with Gasteiger partial charge < -0.3 is 9.47 Å². The normalized spacial score (nSPS) is 13.2. The lowest BCUT2D eigenvalue weighted by molar-refractivity contribution is -0.117. The number of rotatable bonds is 8. The SMILES string of the molecule is CC(C)(CCS)OCC(C)(C)OCCS. The van der Waals surface area contributed by atoms with Crippen molar-refractivity contribution < 1.29 is 9.47 Å². The predicted octanol–water partition coefficient (Wildman–Crippen LogP) is 2.83. The molecule has 2 nitrogen and oxygen atoms in total. The monoisotopic (exact) mass is 252 g/mol. The minimum absolute atomic E-state index is 0.122. The number of thiol groups is 2. The Morgan fingerprint density at radius 3 is 1.93 bits per heavy atom. The molecule has 0 saturated carbocycles. The Morgan fingerprint density at radius 1 is 0.867 bits per heavy atom. The van der Waals surface area contributed by atoms with Crippen molar-refractivity contribution in [2.45, 2.75) is 45.3 Å². The van der Waals surface area contributed by atoms with Gasteiger partial charge >= 0.3 is 0 Å². The van der Waals surface area contributed by atoms with Crippen LogP contribution in [0.2, 0.25) is 0 Å². The second-order valence-corrected chi connectivity index (χ2v) is 5.75. The number of hydrogen-bond acceptors (Lipinski definition) is 4. The molecule has 4 heteroatoms. The van der Waals surface area contributed by atoms with Gasteiger partial charge in [-0.2, -0.15) is 25.3 Å². The van der Waals surface area contributed by atoms with Crippen LogP contribution in [-0.4, -0.2) is 35.9 Å². The maximum atomic E-state index is 5.83. The molecule has 0 aromatic rings. The third kappa shape index (κ3) is 8.43. The molecule has 0 amide bonds. The van der Waals surface area contributed by atoms with Crippen molar-refractivity contribution in [3.8, 4) is 0 Å². The minimum Gasteiger partial charge on any atom is -0.373 e. The van der Waals surface area contributed by atoms with Gasteiger partial charge in [-0.05, 0) is 39.9 Å². The first-order valence-electron chi connectivity index (χ1n) is 5.33. The van der Waals surface area contributed by atoms with Crippen LogP contribution in [0.25, 0.3) is 0 Å². The topological polar surface area (TPSA) is 18.5 Å². The van der Waals surface area contributed by atoms with E-state index in [-0.39, 0.29) is 11.2 Å². The summed E-state index contributed by atoms with van der Waals surface area (Å²) in [6, 6.07) is 0. The van der Waals surface area contributed by atoms with Gasteiger partial charge in [0.1, 0.15) is 0 Å². The second-order valence-electron chi connectivity index (χ2n) is 4.85. The van der Waals surface area contributed by atoms with Crippen molar-refractivity contribution >= 4 is 25.3 Å². The third-order valence-electron chi connectivity index (χ3n) is 2.11. The van der Waals surface area contributed by atoms with Crippen LogP contribution in [0.3, 0.4) is 0 Å². The zero-order valence-electron chi connectivity index (χ0n) is 10.2. The maximum absolute atomic E-state index is 5.83. The first-order valence-corrected chi connectivity index (χ1v) is 6.59. The maximum Gasteiger partial charge on any atom is 0.0859 e. The fourth-order valence-electron chi connectivity index (χ4n) is 1.07. The van der Waals surface area contributed by atoms with Crippen LogP contribution in [-0.2, 0) is 9.47 Å². The van der Waals surface area contributed by atoms with E-state index in [1.54, 1.807) is 0 Å². The highest BCUT2D eigenvalue weighted by atomic mass is 32.1. The van der Waals surface area contributed by atoms with Gasteiger partial charge in [-0.15, -0.1) is 0 Å². The minimum atomic E-state index is -0.239. The molecule has 0 aliphatic rings. The first-order chi connectivity index (χ1) is 6.83. The number of ether oxygens (including phenoxy) is 2. The first kappa shape index (κ1) is 15.6. The van der Waals surface area contributed by atoms with Gasteiger partial charge in [-0.3, -0.25) is 0 Å². The van der Waals surface area contributed by atoms with Gasteiger partial charge in [-0.1, -0.05) is 0 Å². The molecule has 0 aliphatic heterocycles. The number of hydrogen-bond donors (Lipinski definition) is 2. The molecule has 0 saturated heterocycles. The van der Waals surface area contributed by atoms with Crippen molar-refractivity contribution in [1.82, 2.24) is 0 Å². The van der Waals surface area contributed by atoms with Crippen molar-refractivity contribution in [2.75, 3.05) is 24.7 Å². The van der Waals surface area contributed by atoms with Crippen LogP contribution in [0.1, 0.15) is 34.1 Å². The van der Waals surface area contributed by atoms with Crippen LogP contribution in [0, 0.1) is 0 Å². The molecule has 0 spiro atoms. The highest BCUT2D eigenvalue weighted by molar-refractivity contribution is 7.80. The molecule has 92 valence electrons. The van der Waals surface area contributed by atoms with Gasteiger partial charge in [0.05, 0.1) is 24.4 Å². The highest BCUT2D eigenvalue weighted by Crippen LogP contribution is 2.19. The van der Waals surface area contributed by atoms with Gasteiger partial charge in [0.15, 0.2) is 0 Å². The van der Waals surface area contributed by atoms with Crippen LogP contribution in [0.5, 0.6) is 0 Å². The van der Waals surface area contributed by atoms with Crippen molar-refractivity contribution in [3.05, 3.63) is 0 Å². The zero-order chi connectivity index (χ0) is 11.9. The Bertz CT molecular complexity index is 170. The zero-order valence-corrected chi connectivity index (χ0v) is 12.0. The van der Waals surface area contributed by atoms with E-state index in [9.17, 15) is 0 Å². The van der Waals surface area contributed by atoms with Crippen LogP contribution < -0.4 is 0 Å². The molecular weight excluding hydrogens is 228 g/mol. The largest absolute Gasteiger partial charge is 0.373 e. The predicted molar refractivity (Wildman–Crippen MR) is 72.4 cm³/mol. The summed E-state index contributed by atoms with van der Waals surface area (Å²) in [6.45, 7) is 9.49. The standard InChI is InChI=1S/C11H24O2S2/c1-10(2,5-7-14)13-9-11(3,4)12-6-8-15/h14-15H,5-9H2,1-4H3. The summed E-state index contributed by atoms with van der Waals surface area (Å²) in [6.07, 6.45) is 0.943. The lowest BCUT2D eigenvalue weighted by Gasteiger charge is -2.31. The average molecular weight is 252 g/mol. The van der Waals surface area contributed by atoms with E-state index in [1.165, 1.54) is 0 Å². The molecule has 0 aromatic carbocycles. The summed E-state index contributed by atoms with van der Waals surface area (Å²) >= 11 is 8.33. The van der Waals surface area contributed by atoms with Gasteiger partial charge in [0, 0.05) is 5.75 Å². The second kappa shape index (κ2) is 7.05. The summed E-state index contributed by atoms with van der Waals surface area (Å²) < 4.78 is 11.5. The van der Waals surface area contributed by atoms with Crippen molar-refractivity contribution in [3.63, 3.8) is 0 Å². The van der Waals surface area contributed by atoms with Gasteiger partial charge in [0.2, 0.25) is 0 Å². The van der Waals surface area contributed by atoms with Gasteiger partial charge in [0.25, 0.3) is 0 Å². The molecule has 0 fully saturated rings. The molecule has 0 heterocycles. The third-order valence-corrected chi connectivity index (χ3v) is 2.51. The summed E-state index contributed by atoms with van der Waals surface area (Å²) in [5.41, 5.74) is -0.361. The van der Waals surface area contributed by atoms with E-state index in [1.807, 2.05) is 13.8 Å². The lowest BCUT2D eigenvalue weighted by Crippen LogP contribution is -2.37. The van der Waals surface area contributed by atoms with E-state index < -0.39 is 0 Å². The van der Waals surface area contributed by atoms with Crippen LogP contribution in [0.15, 0.2) is 0 Å². The molecule has 0 atom stereocenters. The molecule has 0 aliphatic carbocycles. The highest BCUT2D eigenvalue weighted by Gasteiger charge is 2.24. The Labute approximate surface area is 105 Å². The molecule has 0 aromatic heterocycles. The van der Waals surface area contributed by atoms with E-state index in [4.69, 9.17) is 9.47 Å². The Kier molecular flexibility index (Phi) is 7.34. The summed E-state index contributed by atoms with van der Waals surface area (Å²) in [4.78, 5) is 0. The van der Waals surface area contributed by atoms with E-state index in [0.29, 0.717) is 13.2 Å². The fraction of sp³-hybridized carbons (Fsp3) is 1.00. The molecule has 0 radical (unpaired) electrons. The Morgan fingerprint density at radius 2 is 1.47 bits per heavy atom. The van der Waals surface area contributed by atoms with Crippen LogP contribution >= 0.6 is 25.3 Å². The summed E-state index contributed by atoms with van der Waals surface area (Å²) in [7, 11) is 0. The quantitative estimate of drug-likeness (QED) is 0.647. The summed E-state index contributed by atoms with van der Waals surface area (Å²) in [5, 5.41) is 0. The van der Waals surface area contributed by atoms with Crippen LogP contribution in [0.4, 0.5) is 0 Å². The molecular formula is C11H24O2S2. The van der Waals surface area contributed by atoms with E-state index in [0.717, 1.165) is 17.9 Å². The molecule has 0 bridgehead atoms.